The van der Waals surface area contributed by atoms with Crippen molar-refractivity contribution in [3.05, 3.63) is 52.9 Å². The maximum atomic E-state index is 11.8. The van der Waals surface area contributed by atoms with Gasteiger partial charge in [0, 0.05) is 17.4 Å². The molecule has 2 aromatic rings. The Hall–Kier alpha value is -2.67. The highest BCUT2D eigenvalue weighted by Gasteiger charge is 2.16. The summed E-state index contributed by atoms with van der Waals surface area (Å²) in [6, 6.07) is 6.84. The minimum atomic E-state index is -0.804. The van der Waals surface area contributed by atoms with Crippen molar-refractivity contribution in [2.45, 2.75) is 13.0 Å². The molecule has 0 saturated carbocycles. The van der Waals surface area contributed by atoms with Gasteiger partial charge in [0.05, 0.1) is 6.04 Å². The van der Waals surface area contributed by atoms with Crippen LogP contribution in [0.4, 0.5) is 5.82 Å². The lowest BCUT2D eigenvalue weighted by Crippen LogP contribution is -2.31. The third-order valence-electron chi connectivity index (χ3n) is 2.98. The molecule has 0 fully saturated rings. The number of esters is 1. The zero-order valence-corrected chi connectivity index (χ0v) is 13.1. The largest absolute Gasteiger partial charge is 0.451 e. The SMILES string of the molecule is CC(NC(=O)COC(=O)c1nccnc1N)c1cccc(Cl)c1. The van der Waals surface area contributed by atoms with Crippen molar-refractivity contribution in [1.82, 2.24) is 15.3 Å². The summed E-state index contributed by atoms with van der Waals surface area (Å²) < 4.78 is 4.87. The van der Waals surface area contributed by atoms with E-state index in [1.807, 2.05) is 6.07 Å². The van der Waals surface area contributed by atoms with Gasteiger partial charge in [-0.1, -0.05) is 23.7 Å². The number of benzene rings is 1. The van der Waals surface area contributed by atoms with Crippen LogP contribution in [0, 0.1) is 0 Å². The predicted molar refractivity (Wildman–Crippen MR) is 84.7 cm³/mol. The van der Waals surface area contributed by atoms with Crippen LogP contribution in [0.5, 0.6) is 0 Å². The second kappa shape index (κ2) is 7.55. The summed E-state index contributed by atoms with van der Waals surface area (Å²) in [5.74, 6) is -1.31. The van der Waals surface area contributed by atoms with Gasteiger partial charge in [-0.25, -0.2) is 14.8 Å². The number of ether oxygens (including phenoxy) is 1. The molecule has 2 rings (SSSR count). The first-order valence-electron chi connectivity index (χ1n) is 6.76. The second-order valence-electron chi connectivity index (χ2n) is 4.71. The van der Waals surface area contributed by atoms with Gasteiger partial charge in [0.1, 0.15) is 0 Å². The molecule has 0 bridgehead atoms. The minimum absolute atomic E-state index is 0.0507. The fourth-order valence-corrected chi connectivity index (χ4v) is 2.05. The minimum Gasteiger partial charge on any atom is -0.451 e. The van der Waals surface area contributed by atoms with E-state index in [-0.39, 0.29) is 17.6 Å². The second-order valence-corrected chi connectivity index (χ2v) is 5.15. The van der Waals surface area contributed by atoms with Crippen LogP contribution in [-0.4, -0.2) is 28.5 Å². The van der Waals surface area contributed by atoms with Gasteiger partial charge in [0.2, 0.25) is 0 Å². The molecular formula is C15H15ClN4O3. The van der Waals surface area contributed by atoms with E-state index in [9.17, 15) is 9.59 Å². The van der Waals surface area contributed by atoms with Crippen LogP contribution in [0.3, 0.4) is 0 Å². The maximum absolute atomic E-state index is 11.8. The number of nitrogens with one attached hydrogen (secondary N) is 1. The van der Waals surface area contributed by atoms with E-state index in [0.29, 0.717) is 5.02 Å². The molecule has 0 aliphatic heterocycles. The lowest BCUT2D eigenvalue weighted by Gasteiger charge is -2.14. The number of halogens is 1. The van der Waals surface area contributed by atoms with Gasteiger partial charge in [-0.2, -0.15) is 0 Å². The van der Waals surface area contributed by atoms with Crippen molar-refractivity contribution in [1.29, 1.82) is 0 Å². The molecule has 1 aromatic heterocycles. The van der Waals surface area contributed by atoms with Gasteiger partial charge in [-0.05, 0) is 24.6 Å². The van der Waals surface area contributed by atoms with Crippen molar-refractivity contribution in [3.8, 4) is 0 Å². The van der Waals surface area contributed by atoms with Gasteiger partial charge in [-0.15, -0.1) is 0 Å². The van der Waals surface area contributed by atoms with E-state index < -0.39 is 18.5 Å². The maximum Gasteiger partial charge on any atom is 0.361 e. The van der Waals surface area contributed by atoms with E-state index in [4.69, 9.17) is 22.1 Å². The lowest BCUT2D eigenvalue weighted by molar-refractivity contribution is -0.124. The molecule has 0 spiro atoms. The summed E-state index contributed by atoms with van der Waals surface area (Å²) in [4.78, 5) is 31.1. The van der Waals surface area contributed by atoms with Crippen molar-refractivity contribution < 1.29 is 14.3 Å². The lowest BCUT2D eigenvalue weighted by atomic mass is 10.1. The third-order valence-corrected chi connectivity index (χ3v) is 3.22. The molecule has 7 nitrogen and oxygen atoms in total. The number of rotatable bonds is 5. The monoisotopic (exact) mass is 334 g/mol. The normalized spacial score (nSPS) is 11.6. The number of nitrogens with two attached hydrogens (primary N) is 1. The topological polar surface area (TPSA) is 107 Å². The smallest absolute Gasteiger partial charge is 0.361 e. The highest BCUT2D eigenvalue weighted by atomic mass is 35.5. The number of aromatic nitrogens is 2. The Labute approximate surface area is 137 Å². The third kappa shape index (κ3) is 4.65. The Bertz CT molecular complexity index is 723. The van der Waals surface area contributed by atoms with Crippen LogP contribution in [0.2, 0.25) is 5.02 Å². The Morgan fingerprint density at radius 2 is 2.09 bits per heavy atom. The zero-order valence-electron chi connectivity index (χ0n) is 12.3. The molecule has 1 atom stereocenters. The average Bonchev–Trinajstić information content (AvgIpc) is 2.53. The van der Waals surface area contributed by atoms with Crippen LogP contribution in [0.25, 0.3) is 0 Å². The highest BCUT2D eigenvalue weighted by Crippen LogP contribution is 2.17. The quantitative estimate of drug-likeness (QED) is 0.806. The molecule has 1 unspecified atom stereocenters. The number of nitrogens with zero attached hydrogens (tertiary/aromatic N) is 2. The number of hydrogen-bond acceptors (Lipinski definition) is 6. The summed E-state index contributed by atoms with van der Waals surface area (Å²) >= 11 is 5.90. The van der Waals surface area contributed by atoms with Gasteiger partial charge < -0.3 is 15.8 Å². The number of amides is 1. The van der Waals surface area contributed by atoms with Gasteiger partial charge in [-0.3, -0.25) is 4.79 Å². The molecule has 0 saturated heterocycles. The molecule has 1 aromatic carbocycles. The predicted octanol–water partition coefficient (Wildman–Crippen LogP) is 1.75. The van der Waals surface area contributed by atoms with Crippen molar-refractivity contribution in [2.75, 3.05) is 12.3 Å². The van der Waals surface area contributed by atoms with E-state index in [2.05, 4.69) is 15.3 Å². The van der Waals surface area contributed by atoms with Crippen molar-refractivity contribution >= 4 is 29.3 Å². The standard InChI is InChI=1S/C15H15ClN4O3/c1-9(10-3-2-4-11(16)7-10)20-12(21)8-23-15(22)13-14(17)19-6-5-18-13/h2-7,9H,8H2,1H3,(H2,17,19)(H,20,21). The molecule has 8 heteroatoms. The number of carbonyl (C=O) groups is 2. The Kier molecular flexibility index (Phi) is 5.48. The molecule has 0 aliphatic carbocycles. The summed E-state index contributed by atoms with van der Waals surface area (Å²) in [7, 11) is 0. The average molecular weight is 335 g/mol. The summed E-state index contributed by atoms with van der Waals surface area (Å²) in [6.07, 6.45) is 2.67. The van der Waals surface area contributed by atoms with Crippen LogP contribution in [-0.2, 0) is 9.53 Å². The van der Waals surface area contributed by atoms with E-state index in [1.165, 1.54) is 12.4 Å². The molecule has 0 radical (unpaired) electrons. The van der Waals surface area contributed by atoms with Crippen LogP contribution in [0.1, 0.15) is 29.0 Å². The first-order chi connectivity index (χ1) is 11.0. The molecule has 23 heavy (non-hydrogen) atoms. The molecule has 0 aliphatic rings. The first kappa shape index (κ1) is 16.7. The number of anilines is 1. The molecular weight excluding hydrogens is 320 g/mol. The van der Waals surface area contributed by atoms with E-state index >= 15 is 0 Å². The van der Waals surface area contributed by atoms with Gasteiger partial charge in [0.15, 0.2) is 18.1 Å². The van der Waals surface area contributed by atoms with E-state index in [0.717, 1.165) is 5.56 Å². The van der Waals surface area contributed by atoms with Crippen molar-refractivity contribution in [2.24, 2.45) is 0 Å². The molecule has 3 N–H and O–H groups in total. The Morgan fingerprint density at radius 1 is 1.35 bits per heavy atom. The fraction of sp³-hybridized carbons (Fsp3) is 0.200. The van der Waals surface area contributed by atoms with Crippen LogP contribution in [0.15, 0.2) is 36.7 Å². The van der Waals surface area contributed by atoms with Crippen LogP contribution >= 0.6 is 11.6 Å². The fourth-order valence-electron chi connectivity index (χ4n) is 1.85. The van der Waals surface area contributed by atoms with E-state index in [1.54, 1.807) is 25.1 Å². The van der Waals surface area contributed by atoms with Crippen molar-refractivity contribution in [3.63, 3.8) is 0 Å². The molecule has 1 amide bonds. The Morgan fingerprint density at radius 3 is 2.78 bits per heavy atom. The summed E-state index contributed by atoms with van der Waals surface area (Å²) in [5, 5.41) is 3.28. The highest BCUT2D eigenvalue weighted by molar-refractivity contribution is 6.30. The van der Waals surface area contributed by atoms with Gasteiger partial charge in [0.25, 0.3) is 5.91 Å². The summed E-state index contributed by atoms with van der Waals surface area (Å²) in [6.45, 7) is 1.35. The van der Waals surface area contributed by atoms with Crippen LogP contribution < -0.4 is 11.1 Å². The summed E-state index contributed by atoms with van der Waals surface area (Å²) in [5.41, 5.74) is 6.23. The molecule has 120 valence electrons. The first-order valence-corrected chi connectivity index (χ1v) is 7.13. The number of hydrogen-bond donors (Lipinski definition) is 2. The number of carbonyl (C=O) groups excluding carboxylic acids is 2. The Balaban J connectivity index is 1.88. The zero-order chi connectivity index (χ0) is 16.8. The van der Waals surface area contributed by atoms with Gasteiger partial charge >= 0.3 is 5.97 Å². The number of nitrogen functional groups attached to an aromatic ring is 1. The molecule has 1 heterocycles.